The Morgan fingerprint density at radius 1 is 1.11 bits per heavy atom. The van der Waals surface area contributed by atoms with E-state index < -0.39 is 5.60 Å². The first kappa shape index (κ1) is 14.5. The molecule has 2 rings (SSSR count). The van der Waals surface area contributed by atoms with Crippen LogP contribution in [0.5, 0.6) is 0 Å². The second-order valence-electron chi connectivity index (χ2n) is 7.28. The van der Waals surface area contributed by atoms with Crippen LogP contribution < -0.4 is 0 Å². The van der Waals surface area contributed by atoms with Gasteiger partial charge in [-0.1, -0.05) is 20.8 Å². The second-order valence-corrected chi connectivity index (χ2v) is 7.28. The molecule has 0 radical (unpaired) electrons. The first-order chi connectivity index (χ1) is 8.71. The maximum absolute atomic E-state index is 12.0. The van der Waals surface area contributed by atoms with Crippen LogP contribution in [0.25, 0.3) is 0 Å². The molecule has 1 N–H and O–H groups in total. The summed E-state index contributed by atoms with van der Waals surface area (Å²) in [6.45, 7) is 6.51. The van der Waals surface area contributed by atoms with Crippen molar-refractivity contribution in [1.82, 2.24) is 4.90 Å². The van der Waals surface area contributed by atoms with Gasteiger partial charge in [-0.2, -0.15) is 0 Å². The zero-order valence-electron chi connectivity index (χ0n) is 12.2. The highest BCUT2D eigenvalue weighted by atomic mass is 16.3. The van der Waals surface area contributed by atoms with Crippen molar-refractivity contribution in [2.24, 2.45) is 11.3 Å². The minimum Gasteiger partial charge on any atom is -0.388 e. The number of aliphatic hydroxyl groups is 1. The summed E-state index contributed by atoms with van der Waals surface area (Å²) >= 11 is 0. The highest BCUT2D eigenvalue weighted by molar-refractivity contribution is 5.97. The lowest BCUT2D eigenvalue weighted by Gasteiger charge is -2.43. The van der Waals surface area contributed by atoms with Crippen molar-refractivity contribution < 1.29 is 14.7 Å². The summed E-state index contributed by atoms with van der Waals surface area (Å²) < 4.78 is 0. The number of rotatable bonds is 2. The van der Waals surface area contributed by atoms with Crippen LogP contribution in [0.15, 0.2) is 0 Å². The van der Waals surface area contributed by atoms with Gasteiger partial charge in [0.2, 0.25) is 11.8 Å². The quantitative estimate of drug-likeness (QED) is 0.779. The van der Waals surface area contributed by atoms with Gasteiger partial charge in [0.15, 0.2) is 0 Å². The Morgan fingerprint density at radius 3 is 2.05 bits per heavy atom. The fourth-order valence-corrected chi connectivity index (χ4v) is 3.05. The van der Waals surface area contributed by atoms with Crippen LogP contribution >= 0.6 is 0 Å². The highest BCUT2D eigenvalue weighted by Crippen LogP contribution is 2.40. The Hall–Kier alpha value is -0.900. The summed E-state index contributed by atoms with van der Waals surface area (Å²) in [5.74, 6) is -0.111. The van der Waals surface area contributed by atoms with Gasteiger partial charge in [-0.05, 0) is 37.0 Å². The van der Waals surface area contributed by atoms with Crippen LogP contribution in [0.2, 0.25) is 0 Å². The molecule has 0 bridgehead atoms. The van der Waals surface area contributed by atoms with Crippen LogP contribution in [0.1, 0.15) is 59.3 Å². The van der Waals surface area contributed by atoms with Crippen molar-refractivity contribution in [3.63, 3.8) is 0 Å². The third-order valence-corrected chi connectivity index (χ3v) is 4.63. The molecule has 4 heteroatoms. The number of carbonyl (C=O) groups excluding carboxylic acids is 2. The summed E-state index contributed by atoms with van der Waals surface area (Å²) in [5.41, 5.74) is -0.613. The molecule has 0 aromatic rings. The average molecular weight is 267 g/mol. The molecule has 1 heterocycles. The normalized spacial score (nSPS) is 27.7. The molecule has 1 saturated carbocycles. The largest absolute Gasteiger partial charge is 0.388 e. The van der Waals surface area contributed by atoms with Crippen molar-refractivity contribution >= 4 is 11.8 Å². The summed E-state index contributed by atoms with van der Waals surface area (Å²) in [5, 5.41) is 10.6. The fourth-order valence-electron chi connectivity index (χ4n) is 3.05. The molecular weight excluding hydrogens is 242 g/mol. The van der Waals surface area contributed by atoms with E-state index in [4.69, 9.17) is 0 Å². The molecule has 0 aromatic heterocycles. The Kier molecular flexibility index (Phi) is 3.74. The van der Waals surface area contributed by atoms with Crippen LogP contribution in [0.3, 0.4) is 0 Å². The van der Waals surface area contributed by atoms with Crippen molar-refractivity contribution in [3.05, 3.63) is 0 Å². The van der Waals surface area contributed by atoms with E-state index in [-0.39, 0.29) is 29.7 Å². The minimum atomic E-state index is -0.874. The van der Waals surface area contributed by atoms with Crippen molar-refractivity contribution in [2.75, 3.05) is 6.54 Å². The molecule has 0 unspecified atom stereocenters. The Morgan fingerprint density at radius 2 is 1.58 bits per heavy atom. The topological polar surface area (TPSA) is 57.6 Å². The van der Waals surface area contributed by atoms with Crippen LogP contribution in [-0.2, 0) is 9.59 Å². The second kappa shape index (κ2) is 4.89. The number of imide groups is 1. The molecular formula is C15H25NO3. The molecule has 108 valence electrons. The number of carbonyl (C=O) groups is 2. The van der Waals surface area contributed by atoms with E-state index in [1.54, 1.807) is 0 Å². The standard InChI is InChI=1S/C15H25NO3/c1-11-8-12(17)16(13(18)9-11)10-15(19)6-4-14(2,3)5-7-15/h11,19H,4-10H2,1-3H3. The minimum absolute atomic E-state index is 0.123. The van der Waals surface area contributed by atoms with E-state index >= 15 is 0 Å². The monoisotopic (exact) mass is 267 g/mol. The Bertz CT molecular complexity index is 361. The number of hydrogen-bond donors (Lipinski definition) is 1. The molecule has 2 fully saturated rings. The molecule has 1 aliphatic heterocycles. The lowest BCUT2D eigenvalue weighted by Crippen LogP contribution is -2.52. The van der Waals surface area contributed by atoms with E-state index in [0.717, 1.165) is 12.8 Å². The summed E-state index contributed by atoms with van der Waals surface area (Å²) in [4.78, 5) is 25.2. The van der Waals surface area contributed by atoms with E-state index in [0.29, 0.717) is 25.7 Å². The lowest BCUT2D eigenvalue weighted by molar-refractivity contribution is -0.155. The van der Waals surface area contributed by atoms with Gasteiger partial charge in [0.05, 0.1) is 12.1 Å². The first-order valence-corrected chi connectivity index (χ1v) is 7.26. The van der Waals surface area contributed by atoms with Crippen LogP contribution in [0.4, 0.5) is 0 Å². The highest BCUT2D eigenvalue weighted by Gasteiger charge is 2.41. The molecule has 1 saturated heterocycles. The summed E-state index contributed by atoms with van der Waals surface area (Å²) in [7, 11) is 0. The summed E-state index contributed by atoms with van der Waals surface area (Å²) in [6, 6.07) is 0. The lowest BCUT2D eigenvalue weighted by atomic mass is 9.70. The predicted molar refractivity (Wildman–Crippen MR) is 72.3 cm³/mol. The molecule has 0 aromatic carbocycles. The van der Waals surface area contributed by atoms with E-state index in [2.05, 4.69) is 13.8 Å². The van der Waals surface area contributed by atoms with Crippen LogP contribution in [-0.4, -0.2) is 34.0 Å². The SMILES string of the molecule is CC1CC(=O)N(CC2(O)CCC(C)(C)CC2)C(=O)C1. The molecule has 19 heavy (non-hydrogen) atoms. The molecule has 4 nitrogen and oxygen atoms in total. The molecule has 2 aliphatic rings. The van der Waals surface area contributed by atoms with Gasteiger partial charge in [-0.3, -0.25) is 14.5 Å². The van der Waals surface area contributed by atoms with E-state index in [1.165, 1.54) is 4.90 Å². The van der Waals surface area contributed by atoms with Crippen molar-refractivity contribution in [2.45, 2.75) is 64.9 Å². The van der Waals surface area contributed by atoms with Gasteiger partial charge in [0.25, 0.3) is 0 Å². The number of β-amino-alcohol motifs (C(OH)–C–C–N with tert-alkyl or cyclic N) is 1. The number of likely N-dealkylation sites (tertiary alicyclic amines) is 1. The van der Waals surface area contributed by atoms with Gasteiger partial charge in [-0.15, -0.1) is 0 Å². The van der Waals surface area contributed by atoms with Gasteiger partial charge in [-0.25, -0.2) is 0 Å². The van der Waals surface area contributed by atoms with Gasteiger partial charge >= 0.3 is 0 Å². The van der Waals surface area contributed by atoms with Gasteiger partial charge in [0, 0.05) is 12.8 Å². The zero-order chi connectivity index (χ0) is 14.3. The summed E-state index contributed by atoms with van der Waals surface area (Å²) in [6.07, 6.45) is 4.08. The van der Waals surface area contributed by atoms with Crippen molar-refractivity contribution in [1.29, 1.82) is 0 Å². The zero-order valence-corrected chi connectivity index (χ0v) is 12.2. The Labute approximate surface area is 115 Å². The Balaban J connectivity index is 2.00. The maximum Gasteiger partial charge on any atom is 0.229 e. The third-order valence-electron chi connectivity index (χ3n) is 4.63. The number of piperidine rings is 1. The molecule has 1 aliphatic carbocycles. The molecule has 2 amide bonds. The van der Waals surface area contributed by atoms with E-state index in [9.17, 15) is 14.7 Å². The smallest absolute Gasteiger partial charge is 0.229 e. The van der Waals surface area contributed by atoms with E-state index in [1.807, 2.05) is 6.92 Å². The van der Waals surface area contributed by atoms with Gasteiger partial charge < -0.3 is 5.11 Å². The predicted octanol–water partition coefficient (Wildman–Crippen LogP) is 2.10. The number of hydrogen-bond acceptors (Lipinski definition) is 3. The molecule has 0 atom stereocenters. The van der Waals surface area contributed by atoms with Crippen LogP contribution in [0, 0.1) is 11.3 Å². The number of nitrogens with zero attached hydrogens (tertiary/aromatic N) is 1. The molecule has 0 spiro atoms. The number of amides is 2. The fraction of sp³-hybridized carbons (Fsp3) is 0.867. The van der Waals surface area contributed by atoms with Crippen molar-refractivity contribution in [3.8, 4) is 0 Å². The third kappa shape index (κ3) is 3.35. The average Bonchev–Trinajstić information content (AvgIpc) is 2.29. The first-order valence-electron chi connectivity index (χ1n) is 7.26. The van der Waals surface area contributed by atoms with Gasteiger partial charge in [0.1, 0.15) is 0 Å². The maximum atomic E-state index is 12.0.